The largest absolute Gasteiger partial charge is 0.339 e. The average Bonchev–Trinajstić information content (AvgIpc) is 2.88. The number of nitrogens with zero attached hydrogens (tertiary/aromatic N) is 5. The Morgan fingerprint density at radius 1 is 0.788 bits per heavy atom. The van der Waals surface area contributed by atoms with Gasteiger partial charge in [-0.15, -0.1) is 5.10 Å². The molecule has 33 heavy (non-hydrogen) atoms. The lowest BCUT2D eigenvalue weighted by Crippen LogP contribution is -2.51. The van der Waals surface area contributed by atoms with Gasteiger partial charge in [0.25, 0.3) is 5.56 Å². The third kappa shape index (κ3) is 4.40. The molecule has 1 saturated heterocycles. The summed E-state index contributed by atoms with van der Waals surface area (Å²) in [7, 11) is 0. The predicted octanol–water partition coefficient (Wildman–Crippen LogP) is 2.73. The van der Waals surface area contributed by atoms with E-state index in [0.29, 0.717) is 24.0 Å². The summed E-state index contributed by atoms with van der Waals surface area (Å²) in [4.78, 5) is 29.9. The number of hydrogen-bond donors (Lipinski definition) is 0. The highest BCUT2D eigenvalue weighted by atomic mass is 16.2. The molecule has 0 aliphatic carbocycles. The monoisotopic (exact) mass is 439 g/mol. The van der Waals surface area contributed by atoms with Gasteiger partial charge in [-0.25, -0.2) is 4.68 Å². The van der Waals surface area contributed by atoms with Gasteiger partial charge >= 0.3 is 0 Å². The quantitative estimate of drug-likeness (QED) is 0.478. The van der Waals surface area contributed by atoms with Crippen molar-refractivity contribution in [2.75, 3.05) is 26.2 Å². The zero-order valence-corrected chi connectivity index (χ0v) is 18.2. The zero-order valence-electron chi connectivity index (χ0n) is 18.2. The maximum atomic E-state index is 13.0. The highest BCUT2D eigenvalue weighted by Crippen LogP contribution is 2.29. The maximum absolute atomic E-state index is 13.0. The number of piperazine rings is 1. The Morgan fingerprint density at radius 2 is 1.36 bits per heavy atom. The number of carbonyl (C=O) groups excluding carboxylic acids is 1. The molecule has 166 valence electrons. The first kappa shape index (κ1) is 21.0. The van der Waals surface area contributed by atoms with Crippen LogP contribution in [0.3, 0.4) is 0 Å². The van der Waals surface area contributed by atoms with Crippen molar-refractivity contribution in [1.29, 1.82) is 0 Å². The number of fused-ring (bicyclic) bond motifs is 1. The molecule has 1 amide bonds. The lowest BCUT2D eigenvalue weighted by Gasteiger charge is -2.39. The molecule has 7 heteroatoms. The molecule has 0 spiro atoms. The smallest absolute Gasteiger partial charge is 0.278 e. The Kier molecular flexibility index (Phi) is 5.95. The summed E-state index contributed by atoms with van der Waals surface area (Å²) in [5.41, 5.74) is 2.72. The molecule has 0 saturated carbocycles. The molecule has 1 aliphatic heterocycles. The normalized spacial score (nSPS) is 14.6. The van der Waals surface area contributed by atoms with E-state index in [2.05, 4.69) is 63.7 Å². The zero-order chi connectivity index (χ0) is 22.6. The highest BCUT2D eigenvalue weighted by Gasteiger charge is 2.28. The molecular weight excluding hydrogens is 414 g/mol. The first-order chi connectivity index (χ1) is 16.2. The van der Waals surface area contributed by atoms with Gasteiger partial charge in [-0.3, -0.25) is 14.5 Å². The molecule has 0 N–H and O–H groups in total. The van der Waals surface area contributed by atoms with Crippen LogP contribution in [0.25, 0.3) is 10.9 Å². The van der Waals surface area contributed by atoms with Crippen LogP contribution in [0.2, 0.25) is 0 Å². The number of hydrogen-bond acceptors (Lipinski definition) is 5. The molecule has 1 aromatic heterocycles. The molecule has 1 fully saturated rings. The van der Waals surface area contributed by atoms with E-state index in [1.807, 2.05) is 23.1 Å². The number of benzene rings is 3. The molecule has 0 radical (unpaired) electrons. The van der Waals surface area contributed by atoms with Gasteiger partial charge in [-0.2, -0.15) is 0 Å². The van der Waals surface area contributed by atoms with E-state index in [9.17, 15) is 9.59 Å². The van der Waals surface area contributed by atoms with E-state index < -0.39 is 0 Å². The van der Waals surface area contributed by atoms with Crippen molar-refractivity contribution in [2.24, 2.45) is 0 Å². The lowest BCUT2D eigenvalue weighted by atomic mass is 9.96. The highest BCUT2D eigenvalue weighted by molar-refractivity contribution is 5.78. The van der Waals surface area contributed by atoms with Crippen LogP contribution >= 0.6 is 0 Å². The summed E-state index contributed by atoms with van der Waals surface area (Å²) in [6.07, 6.45) is 0. The SMILES string of the molecule is O=C(Cn1nnc2ccccc2c1=O)N1CCN(C(c2ccccc2)c2ccccc2)CC1. The van der Waals surface area contributed by atoms with Crippen LogP contribution in [0.5, 0.6) is 0 Å². The first-order valence-corrected chi connectivity index (χ1v) is 11.1. The minimum absolute atomic E-state index is 0.0997. The maximum Gasteiger partial charge on any atom is 0.278 e. The fourth-order valence-corrected chi connectivity index (χ4v) is 4.47. The van der Waals surface area contributed by atoms with E-state index in [4.69, 9.17) is 0 Å². The van der Waals surface area contributed by atoms with Gasteiger partial charge in [0.1, 0.15) is 12.1 Å². The van der Waals surface area contributed by atoms with Crippen LogP contribution in [-0.4, -0.2) is 56.9 Å². The van der Waals surface area contributed by atoms with Gasteiger partial charge in [0.2, 0.25) is 5.91 Å². The second-order valence-electron chi connectivity index (χ2n) is 8.21. The Bertz CT molecular complexity index is 1260. The molecule has 2 heterocycles. The molecule has 0 unspecified atom stereocenters. The summed E-state index contributed by atoms with van der Waals surface area (Å²) in [5, 5.41) is 8.51. The van der Waals surface area contributed by atoms with Gasteiger partial charge in [0, 0.05) is 26.2 Å². The Labute approximate surface area is 191 Å². The Balaban J connectivity index is 1.29. The van der Waals surface area contributed by atoms with Gasteiger partial charge in [0.05, 0.1) is 11.4 Å². The second kappa shape index (κ2) is 9.34. The lowest BCUT2D eigenvalue weighted by molar-refractivity contribution is -0.134. The van der Waals surface area contributed by atoms with Crippen LogP contribution in [-0.2, 0) is 11.3 Å². The second-order valence-corrected chi connectivity index (χ2v) is 8.21. The molecule has 0 atom stereocenters. The van der Waals surface area contributed by atoms with Crippen LogP contribution in [0, 0.1) is 0 Å². The van der Waals surface area contributed by atoms with Gasteiger partial charge in [0.15, 0.2) is 0 Å². The van der Waals surface area contributed by atoms with E-state index in [0.717, 1.165) is 17.8 Å². The minimum Gasteiger partial charge on any atom is -0.339 e. The molecule has 7 nitrogen and oxygen atoms in total. The van der Waals surface area contributed by atoms with Crippen LogP contribution in [0.4, 0.5) is 0 Å². The molecule has 3 aromatic carbocycles. The van der Waals surface area contributed by atoms with Crippen LogP contribution < -0.4 is 5.56 Å². The van der Waals surface area contributed by atoms with E-state index in [-0.39, 0.29) is 24.1 Å². The molecule has 0 bridgehead atoms. The van der Waals surface area contributed by atoms with Gasteiger partial charge in [-0.05, 0) is 23.3 Å². The van der Waals surface area contributed by atoms with Crippen molar-refractivity contribution in [1.82, 2.24) is 24.8 Å². The number of rotatable bonds is 5. The summed E-state index contributed by atoms with van der Waals surface area (Å²) in [5.74, 6) is -0.114. The fraction of sp³-hybridized carbons (Fsp3) is 0.231. The van der Waals surface area contributed by atoms with E-state index in [1.54, 1.807) is 18.2 Å². The minimum atomic E-state index is -0.291. The van der Waals surface area contributed by atoms with Gasteiger partial charge in [-0.1, -0.05) is 78.0 Å². The van der Waals surface area contributed by atoms with Gasteiger partial charge < -0.3 is 4.90 Å². The molecule has 4 aromatic rings. The van der Waals surface area contributed by atoms with Crippen molar-refractivity contribution >= 4 is 16.8 Å². The summed E-state index contributed by atoms with van der Waals surface area (Å²) in [6, 6.07) is 28.1. The summed E-state index contributed by atoms with van der Waals surface area (Å²) in [6.45, 7) is 2.60. The van der Waals surface area contributed by atoms with Crippen molar-refractivity contribution in [2.45, 2.75) is 12.6 Å². The van der Waals surface area contributed by atoms with E-state index in [1.165, 1.54) is 11.1 Å². The van der Waals surface area contributed by atoms with Crippen molar-refractivity contribution in [3.8, 4) is 0 Å². The standard InChI is InChI=1S/C26H25N5O2/c32-24(19-31-26(33)22-13-7-8-14-23(22)27-28-31)29-15-17-30(18-16-29)25(20-9-3-1-4-10-20)21-11-5-2-6-12-21/h1-14,25H,15-19H2. The molecule has 1 aliphatic rings. The van der Waals surface area contributed by atoms with Crippen LogP contribution in [0.1, 0.15) is 17.2 Å². The summed E-state index contributed by atoms with van der Waals surface area (Å²) >= 11 is 0. The summed E-state index contributed by atoms with van der Waals surface area (Å²) < 4.78 is 1.16. The fourth-order valence-electron chi connectivity index (χ4n) is 4.47. The third-order valence-electron chi connectivity index (χ3n) is 6.18. The number of amides is 1. The predicted molar refractivity (Wildman–Crippen MR) is 127 cm³/mol. The van der Waals surface area contributed by atoms with Crippen molar-refractivity contribution in [3.05, 3.63) is 106 Å². The number of carbonyl (C=O) groups is 1. The number of aromatic nitrogens is 3. The Morgan fingerprint density at radius 3 is 2.00 bits per heavy atom. The first-order valence-electron chi connectivity index (χ1n) is 11.1. The molecule has 5 rings (SSSR count). The van der Waals surface area contributed by atoms with Crippen molar-refractivity contribution < 1.29 is 4.79 Å². The molecular formula is C26H25N5O2. The Hall–Kier alpha value is -3.84. The average molecular weight is 440 g/mol. The van der Waals surface area contributed by atoms with Crippen molar-refractivity contribution in [3.63, 3.8) is 0 Å². The third-order valence-corrected chi connectivity index (χ3v) is 6.18. The van der Waals surface area contributed by atoms with Crippen LogP contribution in [0.15, 0.2) is 89.7 Å². The van der Waals surface area contributed by atoms with E-state index >= 15 is 0 Å². The topological polar surface area (TPSA) is 71.3 Å².